The van der Waals surface area contributed by atoms with Crippen LogP contribution in [0.3, 0.4) is 0 Å². The van der Waals surface area contributed by atoms with Crippen LogP contribution < -0.4 is 15.8 Å². The first-order chi connectivity index (χ1) is 10.9. The monoisotopic (exact) mass is 332 g/mol. The molecule has 0 radical (unpaired) electrons. The van der Waals surface area contributed by atoms with E-state index in [1.54, 1.807) is 24.3 Å². The van der Waals surface area contributed by atoms with Crippen molar-refractivity contribution in [2.75, 3.05) is 11.9 Å². The normalized spacial score (nSPS) is 10.4. The molecular formula is C17H20N2O3S. The van der Waals surface area contributed by atoms with E-state index in [4.69, 9.17) is 10.5 Å². The second kappa shape index (κ2) is 7.28. The molecule has 0 unspecified atom stereocenters. The van der Waals surface area contributed by atoms with Crippen molar-refractivity contribution < 1.29 is 14.3 Å². The molecule has 0 bridgehead atoms. The number of carbonyl (C=O) groups excluding carboxylic acids is 2. The van der Waals surface area contributed by atoms with Crippen LogP contribution in [0.2, 0.25) is 0 Å². The van der Waals surface area contributed by atoms with Gasteiger partial charge in [-0.25, -0.2) is 0 Å². The third kappa shape index (κ3) is 3.90. The molecule has 0 aliphatic heterocycles. The Morgan fingerprint density at radius 3 is 2.43 bits per heavy atom. The van der Waals surface area contributed by atoms with Crippen molar-refractivity contribution in [3.63, 3.8) is 0 Å². The summed E-state index contributed by atoms with van der Waals surface area (Å²) in [5, 5.41) is 3.26. The van der Waals surface area contributed by atoms with E-state index in [1.165, 1.54) is 11.3 Å². The lowest BCUT2D eigenvalue weighted by molar-refractivity contribution is 0.100. The van der Waals surface area contributed by atoms with Crippen LogP contribution in [0.5, 0.6) is 5.75 Å². The topological polar surface area (TPSA) is 81.4 Å². The number of benzene rings is 1. The summed E-state index contributed by atoms with van der Waals surface area (Å²) in [6.07, 6.45) is 0.926. The number of primary amides is 1. The number of hydrogen-bond acceptors (Lipinski definition) is 4. The summed E-state index contributed by atoms with van der Waals surface area (Å²) in [6.45, 7) is 6.38. The van der Waals surface area contributed by atoms with Gasteiger partial charge in [-0.15, -0.1) is 11.3 Å². The predicted octanol–water partition coefficient (Wildman–Crippen LogP) is 3.50. The molecule has 0 saturated carbocycles. The molecule has 0 spiro atoms. The summed E-state index contributed by atoms with van der Waals surface area (Å²) in [7, 11) is 0. The minimum atomic E-state index is -0.537. The van der Waals surface area contributed by atoms with Gasteiger partial charge in [-0.3, -0.25) is 9.59 Å². The van der Waals surface area contributed by atoms with E-state index in [0.29, 0.717) is 22.7 Å². The maximum absolute atomic E-state index is 12.3. The molecule has 1 aromatic carbocycles. The summed E-state index contributed by atoms with van der Waals surface area (Å²) in [6, 6.07) is 6.89. The maximum Gasteiger partial charge on any atom is 0.256 e. The summed E-state index contributed by atoms with van der Waals surface area (Å²) in [4.78, 5) is 24.9. The van der Waals surface area contributed by atoms with Crippen molar-refractivity contribution in [3.05, 3.63) is 45.8 Å². The fraction of sp³-hybridized carbons (Fsp3) is 0.294. The zero-order valence-corrected chi connectivity index (χ0v) is 14.3. The molecule has 23 heavy (non-hydrogen) atoms. The Labute approximate surface area is 139 Å². The number of carbonyl (C=O) groups is 2. The number of aryl methyl sites for hydroxylation is 1. The van der Waals surface area contributed by atoms with Crippen molar-refractivity contribution in [2.45, 2.75) is 27.2 Å². The van der Waals surface area contributed by atoms with Crippen LogP contribution in [0.1, 0.15) is 44.5 Å². The lowest BCUT2D eigenvalue weighted by atomic mass is 10.1. The van der Waals surface area contributed by atoms with Crippen molar-refractivity contribution in [1.82, 2.24) is 0 Å². The Morgan fingerprint density at radius 1 is 1.22 bits per heavy atom. The number of ether oxygens (including phenoxy) is 1. The maximum atomic E-state index is 12.3. The van der Waals surface area contributed by atoms with E-state index >= 15 is 0 Å². The highest BCUT2D eigenvalue weighted by atomic mass is 32.1. The lowest BCUT2D eigenvalue weighted by Gasteiger charge is -2.07. The van der Waals surface area contributed by atoms with Crippen LogP contribution in [0.4, 0.5) is 5.00 Å². The number of rotatable bonds is 6. The molecule has 0 aliphatic carbocycles. The van der Waals surface area contributed by atoms with Gasteiger partial charge in [0.1, 0.15) is 10.8 Å². The Balaban J connectivity index is 2.16. The third-order valence-corrected chi connectivity index (χ3v) is 4.57. The molecule has 1 heterocycles. The quantitative estimate of drug-likeness (QED) is 0.849. The molecular weight excluding hydrogens is 312 g/mol. The third-order valence-electron chi connectivity index (χ3n) is 3.45. The Morgan fingerprint density at radius 2 is 1.87 bits per heavy atom. The van der Waals surface area contributed by atoms with E-state index < -0.39 is 5.91 Å². The highest BCUT2D eigenvalue weighted by Gasteiger charge is 2.19. The smallest absolute Gasteiger partial charge is 0.256 e. The van der Waals surface area contributed by atoms with Crippen LogP contribution in [0.25, 0.3) is 0 Å². The Bertz CT molecular complexity index is 720. The van der Waals surface area contributed by atoms with Gasteiger partial charge in [-0.05, 0) is 50.1 Å². The van der Waals surface area contributed by atoms with Crippen LogP contribution in [-0.4, -0.2) is 18.4 Å². The fourth-order valence-corrected chi connectivity index (χ4v) is 3.17. The molecule has 2 amide bonds. The van der Waals surface area contributed by atoms with E-state index in [0.717, 1.165) is 22.6 Å². The van der Waals surface area contributed by atoms with Crippen LogP contribution in [0.15, 0.2) is 24.3 Å². The van der Waals surface area contributed by atoms with E-state index in [9.17, 15) is 9.59 Å². The standard InChI is InChI=1S/C17H20N2O3S/c1-4-9-22-13-7-5-12(6-8-13)16(21)19-17-14(15(18)20)10(2)11(3)23-17/h5-8H,4,9H2,1-3H3,(H2,18,20)(H,19,21). The minimum absolute atomic E-state index is 0.282. The van der Waals surface area contributed by atoms with Gasteiger partial charge in [0.15, 0.2) is 0 Å². The van der Waals surface area contributed by atoms with E-state index in [-0.39, 0.29) is 5.91 Å². The predicted molar refractivity (Wildman–Crippen MR) is 92.5 cm³/mol. The summed E-state index contributed by atoms with van der Waals surface area (Å²) in [5.41, 5.74) is 7.09. The van der Waals surface area contributed by atoms with Gasteiger partial charge in [0.25, 0.3) is 11.8 Å². The highest BCUT2D eigenvalue weighted by Crippen LogP contribution is 2.32. The second-order valence-electron chi connectivity index (χ2n) is 5.18. The largest absolute Gasteiger partial charge is 0.494 e. The second-order valence-corrected chi connectivity index (χ2v) is 6.40. The molecule has 0 atom stereocenters. The first kappa shape index (κ1) is 17.0. The van der Waals surface area contributed by atoms with Gasteiger partial charge in [0, 0.05) is 10.4 Å². The van der Waals surface area contributed by atoms with Crippen molar-refractivity contribution in [1.29, 1.82) is 0 Å². The van der Waals surface area contributed by atoms with Gasteiger partial charge in [0.2, 0.25) is 0 Å². The molecule has 3 N–H and O–H groups in total. The van der Waals surface area contributed by atoms with Gasteiger partial charge < -0.3 is 15.8 Å². The number of amides is 2. The molecule has 0 aliphatic rings. The first-order valence-corrected chi connectivity index (χ1v) is 8.19. The summed E-state index contributed by atoms with van der Waals surface area (Å²) in [5.74, 6) is -0.0923. The average Bonchev–Trinajstić information content (AvgIpc) is 2.80. The Hall–Kier alpha value is -2.34. The number of nitrogens with two attached hydrogens (primary N) is 1. The van der Waals surface area contributed by atoms with Crippen molar-refractivity contribution >= 4 is 28.2 Å². The Kier molecular flexibility index (Phi) is 5.39. The van der Waals surface area contributed by atoms with Crippen molar-refractivity contribution in [3.8, 4) is 5.75 Å². The molecule has 0 fully saturated rings. The molecule has 1 aromatic heterocycles. The lowest BCUT2D eigenvalue weighted by Crippen LogP contribution is -2.17. The van der Waals surface area contributed by atoms with Gasteiger partial charge in [-0.2, -0.15) is 0 Å². The minimum Gasteiger partial charge on any atom is -0.494 e. The molecule has 2 rings (SSSR count). The number of hydrogen-bond donors (Lipinski definition) is 2. The zero-order valence-electron chi connectivity index (χ0n) is 13.4. The number of anilines is 1. The van der Waals surface area contributed by atoms with Gasteiger partial charge in [0.05, 0.1) is 12.2 Å². The summed E-state index contributed by atoms with van der Waals surface area (Å²) >= 11 is 1.35. The number of nitrogens with one attached hydrogen (secondary N) is 1. The van der Waals surface area contributed by atoms with E-state index in [1.807, 2.05) is 20.8 Å². The van der Waals surface area contributed by atoms with Crippen LogP contribution in [0, 0.1) is 13.8 Å². The fourth-order valence-electron chi connectivity index (χ4n) is 2.11. The van der Waals surface area contributed by atoms with Crippen LogP contribution in [-0.2, 0) is 0 Å². The zero-order chi connectivity index (χ0) is 17.0. The average molecular weight is 332 g/mol. The van der Waals surface area contributed by atoms with E-state index in [2.05, 4.69) is 5.32 Å². The highest BCUT2D eigenvalue weighted by molar-refractivity contribution is 7.16. The summed E-state index contributed by atoms with van der Waals surface area (Å²) < 4.78 is 5.49. The molecule has 122 valence electrons. The van der Waals surface area contributed by atoms with Gasteiger partial charge in [-0.1, -0.05) is 6.92 Å². The number of thiophene rings is 1. The molecule has 5 nitrogen and oxygen atoms in total. The van der Waals surface area contributed by atoms with Crippen LogP contribution >= 0.6 is 11.3 Å². The van der Waals surface area contributed by atoms with Crippen molar-refractivity contribution in [2.24, 2.45) is 5.73 Å². The van der Waals surface area contributed by atoms with Gasteiger partial charge >= 0.3 is 0 Å². The molecule has 2 aromatic rings. The molecule has 6 heteroatoms. The first-order valence-electron chi connectivity index (χ1n) is 7.38. The molecule has 0 saturated heterocycles. The SMILES string of the molecule is CCCOc1ccc(C(=O)Nc2sc(C)c(C)c2C(N)=O)cc1.